The van der Waals surface area contributed by atoms with Gasteiger partial charge in [-0.1, -0.05) is 19.9 Å². The van der Waals surface area contributed by atoms with Crippen LogP contribution in [0.15, 0.2) is 30.5 Å². The first kappa shape index (κ1) is 13.3. The average Bonchev–Trinajstić information content (AvgIpc) is 2.39. The van der Waals surface area contributed by atoms with E-state index in [1.807, 2.05) is 30.1 Å². The van der Waals surface area contributed by atoms with Crippen molar-refractivity contribution in [1.29, 1.82) is 0 Å². The third kappa shape index (κ3) is 3.40. The third-order valence-electron chi connectivity index (χ3n) is 2.78. The van der Waals surface area contributed by atoms with Gasteiger partial charge >= 0.3 is 0 Å². The molecule has 5 nitrogen and oxygen atoms in total. The normalized spacial score (nSPS) is 10.7. The van der Waals surface area contributed by atoms with Crippen molar-refractivity contribution in [1.82, 2.24) is 15.0 Å². The van der Waals surface area contributed by atoms with Gasteiger partial charge in [0.2, 0.25) is 0 Å². The molecule has 2 aromatic rings. The minimum absolute atomic E-state index is 0.255. The predicted octanol–water partition coefficient (Wildman–Crippen LogP) is 2.21. The van der Waals surface area contributed by atoms with Crippen LogP contribution in [0.1, 0.15) is 31.3 Å². The maximum absolute atomic E-state index is 5.83. The Balaban J connectivity index is 2.21. The predicted molar refractivity (Wildman–Crippen MR) is 76.9 cm³/mol. The van der Waals surface area contributed by atoms with E-state index in [4.69, 9.17) is 5.73 Å². The molecule has 0 amide bonds. The first-order chi connectivity index (χ1) is 9.06. The van der Waals surface area contributed by atoms with Crippen LogP contribution in [0.3, 0.4) is 0 Å². The van der Waals surface area contributed by atoms with Crippen LogP contribution in [0.5, 0.6) is 0 Å². The molecule has 0 spiro atoms. The molecule has 0 radical (unpaired) electrons. The van der Waals surface area contributed by atoms with E-state index in [0.29, 0.717) is 12.4 Å². The third-order valence-corrected chi connectivity index (χ3v) is 2.78. The Morgan fingerprint density at radius 1 is 1.26 bits per heavy atom. The zero-order valence-electron chi connectivity index (χ0n) is 11.5. The second-order valence-electron chi connectivity index (χ2n) is 4.84. The number of hydrogen-bond acceptors (Lipinski definition) is 5. The van der Waals surface area contributed by atoms with Gasteiger partial charge in [-0.25, -0.2) is 9.97 Å². The Morgan fingerprint density at radius 3 is 2.68 bits per heavy atom. The Labute approximate surface area is 113 Å². The number of pyridine rings is 1. The van der Waals surface area contributed by atoms with Crippen molar-refractivity contribution < 1.29 is 0 Å². The molecule has 2 aromatic heterocycles. The van der Waals surface area contributed by atoms with Gasteiger partial charge in [-0.15, -0.1) is 0 Å². The Kier molecular flexibility index (Phi) is 3.94. The standard InChI is InChI=1S/C14H19N5/c1-10(2)14-17-12(15)8-13(18-14)19(3)9-11-6-4-5-7-16-11/h4-8,10H,9H2,1-3H3,(H2,15,17,18). The number of nitrogens with zero attached hydrogens (tertiary/aromatic N) is 4. The van der Waals surface area contributed by atoms with Gasteiger partial charge in [0, 0.05) is 25.2 Å². The molecule has 5 heteroatoms. The van der Waals surface area contributed by atoms with Crippen LogP contribution >= 0.6 is 0 Å². The van der Waals surface area contributed by atoms with E-state index in [9.17, 15) is 0 Å². The quantitative estimate of drug-likeness (QED) is 0.909. The van der Waals surface area contributed by atoms with Crippen LogP contribution in [0.2, 0.25) is 0 Å². The van der Waals surface area contributed by atoms with Crippen molar-refractivity contribution in [3.63, 3.8) is 0 Å². The van der Waals surface area contributed by atoms with Gasteiger partial charge in [0.05, 0.1) is 12.2 Å². The van der Waals surface area contributed by atoms with Crippen LogP contribution < -0.4 is 10.6 Å². The summed E-state index contributed by atoms with van der Waals surface area (Å²) in [7, 11) is 1.97. The summed E-state index contributed by atoms with van der Waals surface area (Å²) in [6.07, 6.45) is 1.79. The van der Waals surface area contributed by atoms with E-state index >= 15 is 0 Å². The largest absolute Gasteiger partial charge is 0.384 e. The second-order valence-corrected chi connectivity index (χ2v) is 4.84. The lowest BCUT2D eigenvalue weighted by atomic mass is 10.2. The van der Waals surface area contributed by atoms with Crippen molar-refractivity contribution in [2.24, 2.45) is 0 Å². The topological polar surface area (TPSA) is 67.9 Å². The molecule has 0 saturated heterocycles. The van der Waals surface area contributed by atoms with Gasteiger partial charge in [0.15, 0.2) is 0 Å². The summed E-state index contributed by atoms with van der Waals surface area (Å²) in [6.45, 7) is 4.80. The highest BCUT2D eigenvalue weighted by Gasteiger charge is 2.10. The SMILES string of the molecule is CC(C)c1nc(N)cc(N(C)Cc2ccccn2)n1. The summed E-state index contributed by atoms with van der Waals surface area (Å²) in [4.78, 5) is 15.1. The van der Waals surface area contributed by atoms with Crippen molar-refractivity contribution >= 4 is 11.6 Å². The van der Waals surface area contributed by atoms with Crippen molar-refractivity contribution in [3.8, 4) is 0 Å². The molecule has 0 aliphatic heterocycles. The van der Waals surface area contributed by atoms with Crippen LogP contribution in [0, 0.1) is 0 Å². The van der Waals surface area contributed by atoms with E-state index in [1.165, 1.54) is 0 Å². The fraction of sp³-hybridized carbons (Fsp3) is 0.357. The van der Waals surface area contributed by atoms with Gasteiger partial charge in [-0.05, 0) is 12.1 Å². The highest BCUT2D eigenvalue weighted by atomic mass is 15.2. The summed E-state index contributed by atoms with van der Waals surface area (Å²) in [5.41, 5.74) is 6.83. The van der Waals surface area contributed by atoms with Gasteiger partial charge < -0.3 is 10.6 Å². The minimum atomic E-state index is 0.255. The molecule has 0 aromatic carbocycles. The molecule has 0 bridgehead atoms. The van der Waals surface area contributed by atoms with Crippen LogP contribution in [0.25, 0.3) is 0 Å². The number of aromatic nitrogens is 3. The number of nitrogens with two attached hydrogens (primary N) is 1. The monoisotopic (exact) mass is 257 g/mol. The zero-order chi connectivity index (χ0) is 13.8. The van der Waals surface area contributed by atoms with E-state index in [0.717, 1.165) is 17.3 Å². The van der Waals surface area contributed by atoms with Crippen LogP contribution in [-0.2, 0) is 6.54 Å². The lowest BCUT2D eigenvalue weighted by Gasteiger charge is -2.19. The molecule has 2 N–H and O–H groups in total. The zero-order valence-corrected chi connectivity index (χ0v) is 11.5. The molecule has 2 rings (SSSR count). The molecule has 0 atom stereocenters. The van der Waals surface area contributed by atoms with E-state index in [-0.39, 0.29) is 5.92 Å². The maximum atomic E-state index is 5.83. The highest BCUT2D eigenvalue weighted by molar-refractivity contribution is 5.46. The Bertz CT molecular complexity index is 539. The highest BCUT2D eigenvalue weighted by Crippen LogP contribution is 2.18. The molecule has 100 valence electrons. The number of anilines is 2. The lowest BCUT2D eigenvalue weighted by molar-refractivity contribution is 0.762. The van der Waals surface area contributed by atoms with Crippen LogP contribution in [-0.4, -0.2) is 22.0 Å². The Morgan fingerprint density at radius 2 is 2.05 bits per heavy atom. The number of hydrogen-bond donors (Lipinski definition) is 1. The summed E-state index contributed by atoms with van der Waals surface area (Å²) < 4.78 is 0. The van der Waals surface area contributed by atoms with Gasteiger partial charge in [-0.2, -0.15) is 0 Å². The molecule has 19 heavy (non-hydrogen) atoms. The van der Waals surface area contributed by atoms with Crippen molar-refractivity contribution in [2.75, 3.05) is 17.7 Å². The summed E-state index contributed by atoms with van der Waals surface area (Å²) in [5, 5.41) is 0. The van der Waals surface area contributed by atoms with E-state index in [2.05, 4.69) is 28.8 Å². The fourth-order valence-electron chi connectivity index (χ4n) is 1.74. The van der Waals surface area contributed by atoms with Gasteiger partial charge in [-0.3, -0.25) is 4.98 Å². The fourth-order valence-corrected chi connectivity index (χ4v) is 1.74. The summed E-state index contributed by atoms with van der Waals surface area (Å²) in [6, 6.07) is 7.66. The van der Waals surface area contributed by atoms with Crippen LogP contribution in [0.4, 0.5) is 11.6 Å². The molecule has 0 fully saturated rings. The van der Waals surface area contributed by atoms with Gasteiger partial charge in [0.1, 0.15) is 17.5 Å². The van der Waals surface area contributed by atoms with E-state index < -0.39 is 0 Å². The number of nitrogen functional groups attached to an aromatic ring is 1. The molecule has 0 aliphatic carbocycles. The molecular weight excluding hydrogens is 238 g/mol. The van der Waals surface area contributed by atoms with Crippen molar-refractivity contribution in [3.05, 3.63) is 42.0 Å². The molecule has 0 saturated carbocycles. The second kappa shape index (κ2) is 5.65. The smallest absolute Gasteiger partial charge is 0.135 e. The maximum Gasteiger partial charge on any atom is 0.135 e. The lowest BCUT2D eigenvalue weighted by Crippen LogP contribution is -2.20. The number of rotatable bonds is 4. The minimum Gasteiger partial charge on any atom is -0.384 e. The Hall–Kier alpha value is -2.17. The summed E-state index contributed by atoms with van der Waals surface area (Å²) in [5.74, 6) is 2.34. The van der Waals surface area contributed by atoms with Gasteiger partial charge in [0.25, 0.3) is 0 Å². The molecule has 2 heterocycles. The van der Waals surface area contributed by atoms with E-state index in [1.54, 1.807) is 12.3 Å². The first-order valence-corrected chi connectivity index (χ1v) is 6.31. The molecule has 0 unspecified atom stereocenters. The average molecular weight is 257 g/mol. The molecule has 0 aliphatic rings. The molecular formula is C14H19N5. The first-order valence-electron chi connectivity index (χ1n) is 6.31. The van der Waals surface area contributed by atoms with Crippen molar-refractivity contribution in [2.45, 2.75) is 26.3 Å². The summed E-state index contributed by atoms with van der Waals surface area (Å²) >= 11 is 0.